The van der Waals surface area contributed by atoms with E-state index in [4.69, 9.17) is 4.74 Å². The fourth-order valence-electron chi connectivity index (χ4n) is 3.08. The zero-order chi connectivity index (χ0) is 19.5. The molecule has 1 unspecified atom stereocenters. The van der Waals surface area contributed by atoms with E-state index in [0.29, 0.717) is 12.5 Å². The molecule has 0 spiro atoms. The second-order valence-corrected chi connectivity index (χ2v) is 7.23. The van der Waals surface area contributed by atoms with Gasteiger partial charge >= 0.3 is 0 Å². The van der Waals surface area contributed by atoms with Crippen LogP contribution in [0.3, 0.4) is 0 Å². The summed E-state index contributed by atoms with van der Waals surface area (Å²) in [7, 11) is 0. The molecule has 1 rings (SSSR count). The molecule has 2 nitrogen and oxygen atoms in total. The highest BCUT2D eigenvalue weighted by molar-refractivity contribution is 5.61. The second-order valence-electron chi connectivity index (χ2n) is 7.23. The number of rotatable bonds is 11. The first-order valence-corrected chi connectivity index (χ1v) is 10.4. The van der Waals surface area contributed by atoms with Gasteiger partial charge in [-0.15, -0.1) is 0 Å². The molecule has 0 aliphatic carbocycles. The molecule has 1 N–H and O–H groups in total. The number of hydrogen-bond donors (Lipinski definition) is 1. The molecular weight excluding hydrogens is 318 g/mol. The Labute approximate surface area is 161 Å². The Morgan fingerprint density at radius 3 is 2.46 bits per heavy atom. The van der Waals surface area contributed by atoms with Crippen LogP contribution in [-0.4, -0.2) is 6.61 Å². The molecule has 0 aliphatic heterocycles. The first-order valence-electron chi connectivity index (χ1n) is 10.4. The van der Waals surface area contributed by atoms with Gasteiger partial charge in [-0.05, 0) is 57.1 Å². The Morgan fingerprint density at radius 2 is 1.88 bits per heavy atom. The highest BCUT2D eigenvalue weighted by Gasteiger charge is 2.14. The molecule has 0 bridgehead atoms. The van der Waals surface area contributed by atoms with E-state index in [1.807, 2.05) is 0 Å². The molecule has 2 heteroatoms. The summed E-state index contributed by atoms with van der Waals surface area (Å²) in [5, 5.41) is 3.68. The maximum Gasteiger partial charge on any atom is 0.124 e. The molecule has 146 valence electrons. The van der Waals surface area contributed by atoms with Gasteiger partial charge in [0.05, 0.1) is 6.61 Å². The summed E-state index contributed by atoms with van der Waals surface area (Å²) in [6.45, 7) is 16.1. The van der Waals surface area contributed by atoms with Crippen molar-refractivity contribution in [3.05, 3.63) is 46.7 Å². The van der Waals surface area contributed by atoms with Gasteiger partial charge in [0.1, 0.15) is 5.75 Å². The summed E-state index contributed by atoms with van der Waals surface area (Å²) in [4.78, 5) is 0. The third-order valence-corrected chi connectivity index (χ3v) is 4.80. The predicted molar refractivity (Wildman–Crippen MR) is 116 cm³/mol. The Morgan fingerprint density at radius 1 is 1.15 bits per heavy atom. The lowest BCUT2D eigenvalue weighted by Crippen LogP contribution is -2.06. The van der Waals surface area contributed by atoms with Crippen LogP contribution in [0.2, 0.25) is 0 Å². The van der Waals surface area contributed by atoms with E-state index in [9.17, 15) is 0 Å². The number of allylic oxidation sites excluding steroid dienone is 3. The number of hydrogen-bond acceptors (Lipinski definition) is 2. The topological polar surface area (TPSA) is 21.3 Å². The standard InChI is InChI=1S/C24H39NO/c1-8-12-14-18(5)15-21(13-9-2)25-23-17-24(26-11-4)22(16-20(23)7)19(6)10-3/h13-14,16-17,19,25H,8-12,15H2,1-7H3/b18-14-,21-13+. The number of nitrogens with one attached hydrogen (secondary N) is 1. The van der Waals surface area contributed by atoms with E-state index in [1.54, 1.807) is 0 Å². The lowest BCUT2D eigenvalue weighted by molar-refractivity contribution is 0.334. The SMILES string of the molecule is CC/C=C(\C/C(C)=C\CCC)Nc1cc(OCC)c(C(C)CC)cc1C. The van der Waals surface area contributed by atoms with Gasteiger partial charge in [-0.25, -0.2) is 0 Å². The van der Waals surface area contributed by atoms with Crippen LogP contribution < -0.4 is 10.1 Å². The molecule has 26 heavy (non-hydrogen) atoms. The van der Waals surface area contributed by atoms with Crippen molar-refractivity contribution in [3.8, 4) is 5.75 Å². The molecule has 0 saturated heterocycles. The Bertz CT molecular complexity index is 613. The maximum absolute atomic E-state index is 5.96. The fourth-order valence-corrected chi connectivity index (χ4v) is 3.08. The number of benzene rings is 1. The summed E-state index contributed by atoms with van der Waals surface area (Å²) in [5.74, 6) is 1.53. The Hall–Kier alpha value is -1.70. The minimum atomic E-state index is 0.508. The Kier molecular flexibility index (Phi) is 10.2. The third kappa shape index (κ3) is 6.90. The van der Waals surface area contributed by atoms with E-state index in [0.717, 1.165) is 37.1 Å². The number of aryl methyl sites for hydroxylation is 1. The monoisotopic (exact) mass is 357 g/mol. The smallest absolute Gasteiger partial charge is 0.124 e. The van der Waals surface area contributed by atoms with Crippen LogP contribution in [0.4, 0.5) is 5.69 Å². The molecule has 1 aromatic carbocycles. The van der Waals surface area contributed by atoms with Gasteiger partial charge in [0.2, 0.25) is 0 Å². The van der Waals surface area contributed by atoms with E-state index in [1.165, 1.54) is 28.8 Å². The van der Waals surface area contributed by atoms with Crippen LogP contribution in [0.25, 0.3) is 0 Å². The predicted octanol–water partition coefficient (Wildman–Crippen LogP) is 7.75. The molecule has 0 fully saturated rings. The van der Waals surface area contributed by atoms with Crippen molar-refractivity contribution >= 4 is 5.69 Å². The van der Waals surface area contributed by atoms with Crippen molar-refractivity contribution < 1.29 is 4.74 Å². The molecule has 0 amide bonds. The molecule has 0 radical (unpaired) electrons. The molecule has 0 aromatic heterocycles. The van der Waals surface area contributed by atoms with Crippen molar-refractivity contribution in [2.45, 2.75) is 86.5 Å². The zero-order valence-electron chi connectivity index (χ0n) is 18.0. The van der Waals surface area contributed by atoms with Gasteiger partial charge in [0, 0.05) is 23.9 Å². The normalized spacial score (nSPS) is 13.7. The van der Waals surface area contributed by atoms with Crippen LogP contribution in [0, 0.1) is 6.92 Å². The van der Waals surface area contributed by atoms with E-state index in [-0.39, 0.29) is 0 Å². The highest BCUT2D eigenvalue weighted by atomic mass is 16.5. The molecule has 0 heterocycles. The summed E-state index contributed by atoms with van der Waals surface area (Å²) in [6.07, 6.45) is 10.1. The largest absolute Gasteiger partial charge is 0.494 e. The minimum Gasteiger partial charge on any atom is -0.494 e. The van der Waals surface area contributed by atoms with Crippen molar-refractivity contribution in [1.82, 2.24) is 0 Å². The quantitative estimate of drug-likeness (QED) is 0.409. The van der Waals surface area contributed by atoms with Crippen LogP contribution in [0.5, 0.6) is 5.75 Å². The lowest BCUT2D eigenvalue weighted by atomic mass is 9.95. The van der Waals surface area contributed by atoms with E-state index in [2.05, 4.69) is 78.1 Å². The Balaban J connectivity index is 3.11. The van der Waals surface area contributed by atoms with Crippen LogP contribution >= 0.6 is 0 Å². The number of anilines is 1. The minimum absolute atomic E-state index is 0.508. The van der Waals surface area contributed by atoms with E-state index >= 15 is 0 Å². The third-order valence-electron chi connectivity index (χ3n) is 4.80. The number of ether oxygens (including phenoxy) is 1. The maximum atomic E-state index is 5.96. The van der Waals surface area contributed by atoms with Crippen LogP contribution in [0.1, 0.15) is 90.7 Å². The summed E-state index contributed by atoms with van der Waals surface area (Å²) in [5.41, 5.74) is 6.46. The molecular formula is C24H39NO. The van der Waals surface area contributed by atoms with Gasteiger partial charge in [-0.1, -0.05) is 57.9 Å². The van der Waals surface area contributed by atoms with Crippen LogP contribution in [0.15, 0.2) is 35.6 Å². The lowest BCUT2D eigenvalue weighted by Gasteiger charge is -2.20. The second kappa shape index (κ2) is 11.8. The van der Waals surface area contributed by atoms with E-state index < -0.39 is 0 Å². The average Bonchev–Trinajstić information content (AvgIpc) is 2.62. The van der Waals surface area contributed by atoms with Gasteiger partial charge < -0.3 is 10.1 Å². The van der Waals surface area contributed by atoms with Gasteiger partial charge in [0.25, 0.3) is 0 Å². The van der Waals surface area contributed by atoms with Crippen molar-refractivity contribution in [1.29, 1.82) is 0 Å². The molecule has 1 aromatic rings. The highest BCUT2D eigenvalue weighted by Crippen LogP contribution is 2.34. The van der Waals surface area contributed by atoms with Crippen molar-refractivity contribution in [3.63, 3.8) is 0 Å². The summed E-state index contributed by atoms with van der Waals surface area (Å²) >= 11 is 0. The summed E-state index contributed by atoms with van der Waals surface area (Å²) < 4.78 is 5.96. The van der Waals surface area contributed by atoms with Gasteiger partial charge in [0.15, 0.2) is 0 Å². The van der Waals surface area contributed by atoms with Crippen LogP contribution in [-0.2, 0) is 0 Å². The van der Waals surface area contributed by atoms with Crippen molar-refractivity contribution in [2.24, 2.45) is 0 Å². The first-order chi connectivity index (χ1) is 12.5. The van der Waals surface area contributed by atoms with Gasteiger partial charge in [-0.3, -0.25) is 0 Å². The molecule has 0 aliphatic rings. The van der Waals surface area contributed by atoms with Gasteiger partial charge in [-0.2, -0.15) is 0 Å². The summed E-state index contributed by atoms with van der Waals surface area (Å²) in [6, 6.07) is 4.49. The van der Waals surface area contributed by atoms with Crippen molar-refractivity contribution in [2.75, 3.05) is 11.9 Å². The number of unbranched alkanes of at least 4 members (excludes halogenated alkanes) is 1. The fraction of sp³-hybridized carbons (Fsp3) is 0.583. The average molecular weight is 358 g/mol. The molecule has 1 atom stereocenters. The zero-order valence-corrected chi connectivity index (χ0v) is 18.0. The molecule has 0 saturated carbocycles. The first kappa shape index (κ1) is 22.3.